The zero-order chi connectivity index (χ0) is 9.80. The first kappa shape index (κ1) is 9.53. The van der Waals surface area contributed by atoms with E-state index in [0.717, 1.165) is 22.9 Å². The van der Waals surface area contributed by atoms with Crippen LogP contribution in [0.15, 0.2) is 41.9 Å². The number of aliphatic imine (C=N–C) groups is 1. The summed E-state index contributed by atoms with van der Waals surface area (Å²) in [6, 6.07) is 8.20. The van der Waals surface area contributed by atoms with Gasteiger partial charge in [-0.2, -0.15) is 0 Å². The van der Waals surface area contributed by atoms with E-state index in [0.29, 0.717) is 0 Å². The number of nitrogens with zero attached hydrogens (tertiary/aromatic N) is 1. The van der Waals surface area contributed by atoms with Crippen molar-refractivity contribution in [1.82, 2.24) is 0 Å². The van der Waals surface area contributed by atoms with Gasteiger partial charge in [0, 0.05) is 12.2 Å². The van der Waals surface area contributed by atoms with Crippen LogP contribution in [0.5, 0.6) is 0 Å². The molecule has 1 heterocycles. The Hall–Kier alpha value is -1.02. The summed E-state index contributed by atoms with van der Waals surface area (Å²) in [5, 5.41) is 0.989. The lowest BCUT2D eigenvalue weighted by molar-refractivity contribution is 1.18. The molecule has 0 spiro atoms. The zero-order valence-electron chi connectivity index (χ0n) is 7.86. The van der Waals surface area contributed by atoms with Gasteiger partial charge in [0.2, 0.25) is 0 Å². The van der Waals surface area contributed by atoms with Crippen LogP contribution in [0, 0.1) is 6.42 Å². The van der Waals surface area contributed by atoms with Crippen molar-refractivity contribution in [1.29, 1.82) is 0 Å². The first-order chi connectivity index (χ1) is 6.90. The summed E-state index contributed by atoms with van der Waals surface area (Å²) < 4.78 is 0. The second-order valence-corrected chi connectivity index (χ2v) is 4.01. The van der Waals surface area contributed by atoms with Gasteiger partial charge in [-0.25, -0.2) is 4.99 Å². The maximum atomic E-state index is 4.50. The van der Waals surface area contributed by atoms with Gasteiger partial charge in [0.15, 0.2) is 0 Å². The van der Waals surface area contributed by atoms with Crippen LogP contribution in [0.3, 0.4) is 0 Å². The molecule has 0 aliphatic carbocycles. The molecule has 0 saturated heterocycles. The van der Waals surface area contributed by atoms with Gasteiger partial charge in [0.25, 0.3) is 0 Å². The molecule has 0 unspecified atom stereocenters. The minimum atomic E-state index is 0.874. The Morgan fingerprint density at radius 1 is 1.50 bits per heavy atom. The molecule has 2 rings (SSSR count). The molecule has 1 aliphatic heterocycles. The normalized spacial score (nSPS) is 14.4. The molecule has 1 aromatic rings. The van der Waals surface area contributed by atoms with Gasteiger partial charge in [-0.3, -0.25) is 0 Å². The molecule has 1 aliphatic rings. The van der Waals surface area contributed by atoms with E-state index >= 15 is 0 Å². The third-order valence-electron chi connectivity index (χ3n) is 1.98. The zero-order valence-corrected chi connectivity index (χ0v) is 8.68. The fourth-order valence-corrected chi connectivity index (χ4v) is 1.92. The largest absolute Gasteiger partial charge is 0.246 e. The molecule has 0 saturated carbocycles. The van der Waals surface area contributed by atoms with Crippen LogP contribution in [-0.4, -0.2) is 10.8 Å². The molecule has 2 heteroatoms. The molecular weight excluding hydrogens is 190 g/mol. The number of rotatable bonds is 2. The van der Waals surface area contributed by atoms with Gasteiger partial charge < -0.3 is 0 Å². The number of benzene rings is 1. The van der Waals surface area contributed by atoms with Gasteiger partial charge in [-0.15, -0.1) is 18.3 Å². The average molecular weight is 201 g/mol. The molecular formula is C12H11NS. The lowest BCUT2D eigenvalue weighted by atomic mass is 10.1. The fourth-order valence-electron chi connectivity index (χ4n) is 1.31. The monoisotopic (exact) mass is 201 g/mol. The van der Waals surface area contributed by atoms with Gasteiger partial charge in [0.05, 0.1) is 10.7 Å². The molecule has 14 heavy (non-hydrogen) atoms. The van der Waals surface area contributed by atoms with Gasteiger partial charge in [-0.05, 0) is 18.1 Å². The molecule has 0 amide bonds. The maximum Gasteiger partial charge on any atom is 0.0827 e. The molecule has 0 atom stereocenters. The summed E-state index contributed by atoms with van der Waals surface area (Å²) in [5.41, 5.74) is 2.34. The smallest absolute Gasteiger partial charge is 0.0827 e. The van der Waals surface area contributed by atoms with E-state index in [1.54, 1.807) is 11.8 Å². The molecule has 1 nitrogen and oxygen atoms in total. The molecule has 0 N–H and O–H groups in total. The highest BCUT2D eigenvalue weighted by Crippen LogP contribution is 2.27. The summed E-state index contributed by atoms with van der Waals surface area (Å²) in [7, 11) is 0. The molecule has 1 aromatic carbocycles. The van der Waals surface area contributed by atoms with Crippen LogP contribution in [0.1, 0.15) is 5.56 Å². The quantitative estimate of drug-likeness (QED) is 0.669. The number of thioether (sulfide) groups is 1. The lowest BCUT2D eigenvalue weighted by Gasteiger charge is -2.13. The second-order valence-electron chi connectivity index (χ2n) is 3.00. The minimum absolute atomic E-state index is 0.874. The maximum absolute atomic E-state index is 4.50. The predicted octanol–water partition coefficient (Wildman–Crippen LogP) is 3.27. The molecule has 0 fully saturated rings. The summed E-state index contributed by atoms with van der Waals surface area (Å²) in [5.74, 6) is 0.897. The Kier molecular flexibility index (Phi) is 3.04. The first-order valence-electron chi connectivity index (χ1n) is 4.54. The van der Waals surface area contributed by atoms with Crippen LogP contribution >= 0.6 is 11.8 Å². The van der Waals surface area contributed by atoms with Crippen molar-refractivity contribution in [2.75, 3.05) is 5.75 Å². The van der Waals surface area contributed by atoms with Gasteiger partial charge in [-0.1, -0.05) is 24.3 Å². The highest BCUT2D eigenvalue weighted by Gasteiger charge is 2.11. The van der Waals surface area contributed by atoms with E-state index in [4.69, 9.17) is 0 Å². The number of para-hydroxylation sites is 1. The summed E-state index contributed by atoms with van der Waals surface area (Å²) in [4.78, 5) is 4.50. The first-order valence-corrected chi connectivity index (χ1v) is 5.53. The van der Waals surface area contributed by atoms with E-state index in [-0.39, 0.29) is 0 Å². The van der Waals surface area contributed by atoms with Crippen LogP contribution in [0.4, 0.5) is 5.69 Å². The third-order valence-corrected chi connectivity index (χ3v) is 2.89. The van der Waals surface area contributed by atoms with E-state index < -0.39 is 0 Å². The fraction of sp³-hybridized carbons (Fsp3) is 0.167. The molecule has 0 aromatic heterocycles. The number of hydrogen-bond donors (Lipinski definition) is 0. The van der Waals surface area contributed by atoms with Crippen LogP contribution < -0.4 is 0 Å². The van der Waals surface area contributed by atoms with Crippen molar-refractivity contribution in [2.24, 2.45) is 4.99 Å². The topological polar surface area (TPSA) is 12.4 Å². The Labute approximate surface area is 88.9 Å². The van der Waals surface area contributed by atoms with Crippen molar-refractivity contribution in [3.8, 4) is 0 Å². The van der Waals surface area contributed by atoms with E-state index in [1.807, 2.05) is 24.3 Å². The predicted molar refractivity (Wildman–Crippen MR) is 63.1 cm³/mol. The van der Waals surface area contributed by atoms with Crippen LogP contribution in [0.2, 0.25) is 0 Å². The van der Waals surface area contributed by atoms with Crippen molar-refractivity contribution in [3.63, 3.8) is 0 Å². The van der Waals surface area contributed by atoms with E-state index in [9.17, 15) is 0 Å². The summed E-state index contributed by atoms with van der Waals surface area (Å²) >= 11 is 1.68. The van der Waals surface area contributed by atoms with Crippen molar-refractivity contribution in [3.05, 3.63) is 48.9 Å². The minimum Gasteiger partial charge on any atom is -0.246 e. The highest BCUT2D eigenvalue weighted by atomic mass is 32.2. The van der Waals surface area contributed by atoms with Crippen LogP contribution in [-0.2, 0) is 6.42 Å². The average Bonchev–Trinajstić information content (AvgIpc) is 2.26. The number of fused-ring (bicyclic) bond motifs is 1. The SMILES string of the molecule is C=CCSC1=Nc2ccccc2C[C]1. The second kappa shape index (κ2) is 4.47. The van der Waals surface area contributed by atoms with Crippen molar-refractivity contribution in [2.45, 2.75) is 6.42 Å². The van der Waals surface area contributed by atoms with Crippen molar-refractivity contribution >= 4 is 22.5 Å². The van der Waals surface area contributed by atoms with E-state index in [2.05, 4.69) is 24.1 Å². The third kappa shape index (κ3) is 2.07. The Balaban J connectivity index is 2.18. The molecule has 70 valence electrons. The standard InChI is InChI=1S/C12H11NS/c1-2-9-14-12-8-7-10-5-3-4-6-11(10)13-12/h2-6H,1,7,9H2. The van der Waals surface area contributed by atoms with Gasteiger partial charge >= 0.3 is 0 Å². The summed E-state index contributed by atoms with van der Waals surface area (Å²) in [6.07, 6.45) is 6.03. The molecule has 2 radical (unpaired) electrons. The van der Waals surface area contributed by atoms with E-state index in [1.165, 1.54) is 5.56 Å². The number of hydrogen-bond acceptors (Lipinski definition) is 2. The van der Waals surface area contributed by atoms with Crippen LogP contribution in [0.25, 0.3) is 0 Å². The highest BCUT2D eigenvalue weighted by molar-refractivity contribution is 8.14. The Bertz CT molecular complexity index is 368. The van der Waals surface area contributed by atoms with Crippen molar-refractivity contribution < 1.29 is 0 Å². The lowest BCUT2D eigenvalue weighted by Crippen LogP contribution is -2.03. The Morgan fingerprint density at radius 2 is 2.36 bits per heavy atom. The summed E-state index contributed by atoms with van der Waals surface area (Å²) in [6.45, 7) is 3.69. The van der Waals surface area contributed by atoms with Gasteiger partial charge in [0.1, 0.15) is 0 Å². The Morgan fingerprint density at radius 3 is 3.21 bits per heavy atom. The molecule has 0 bridgehead atoms.